The van der Waals surface area contributed by atoms with Crippen LogP contribution in [0.1, 0.15) is 12.1 Å². The number of hydrogen-bond acceptors (Lipinski definition) is 9. The SMILES string of the molecule is NC(Cc1cnc[nH]1)C(=O)NC(CC(=O)O)C(=O)NC(CO)C(=O)NC(CO)C(=O)O. The molecule has 1 aromatic rings. The monoisotopic (exact) mass is 444 g/mol. The molecule has 0 aliphatic heterocycles. The lowest BCUT2D eigenvalue weighted by molar-refractivity contribution is -0.144. The second-order valence-electron chi connectivity index (χ2n) is 6.37. The number of aromatic amines is 1. The summed E-state index contributed by atoms with van der Waals surface area (Å²) in [5, 5.41) is 42.2. The molecule has 1 heterocycles. The van der Waals surface area contributed by atoms with Crippen molar-refractivity contribution in [1.29, 1.82) is 0 Å². The number of carbonyl (C=O) groups excluding carboxylic acids is 3. The van der Waals surface area contributed by atoms with Gasteiger partial charge in [-0.2, -0.15) is 0 Å². The van der Waals surface area contributed by atoms with Crippen molar-refractivity contribution in [1.82, 2.24) is 25.9 Å². The second kappa shape index (κ2) is 12.2. The summed E-state index contributed by atoms with van der Waals surface area (Å²) < 4.78 is 0. The molecule has 1 rings (SSSR count). The van der Waals surface area contributed by atoms with E-state index in [0.29, 0.717) is 5.69 Å². The number of nitrogens with two attached hydrogens (primary N) is 1. The van der Waals surface area contributed by atoms with Crippen molar-refractivity contribution in [2.45, 2.75) is 37.0 Å². The number of aliphatic hydroxyl groups excluding tert-OH is 2. The maximum atomic E-state index is 12.4. The normalized spacial score (nSPS) is 14.5. The standard InChI is InChI=1S/C16H24N6O9/c17-8(1-7-3-18-6-19-7)13(27)20-9(2-12(25)26)14(28)21-10(4-23)15(29)22-11(5-24)16(30)31/h3,6,8-11,23-24H,1-2,4-5,17H2,(H,18,19)(H,20,27)(H,21,28)(H,22,29)(H,25,26)(H,30,31). The molecule has 15 heteroatoms. The highest BCUT2D eigenvalue weighted by atomic mass is 16.4. The van der Waals surface area contributed by atoms with E-state index in [-0.39, 0.29) is 6.42 Å². The van der Waals surface area contributed by atoms with Crippen molar-refractivity contribution in [3.8, 4) is 0 Å². The molecule has 4 unspecified atom stereocenters. The minimum Gasteiger partial charge on any atom is -0.481 e. The van der Waals surface area contributed by atoms with Crippen LogP contribution in [-0.2, 0) is 30.4 Å². The quantitative estimate of drug-likeness (QED) is 0.139. The van der Waals surface area contributed by atoms with Gasteiger partial charge >= 0.3 is 11.9 Å². The van der Waals surface area contributed by atoms with Crippen LogP contribution in [0.5, 0.6) is 0 Å². The Balaban J connectivity index is 2.80. The third-order valence-electron chi connectivity index (χ3n) is 3.96. The lowest BCUT2D eigenvalue weighted by Gasteiger charge is -2.23. The highest BCUT2D eigenvalue weighted by Gasteiger charge is 2.31. The van der Waals surface area contributed by atoms with Gasteiger partial charge in [-0.3, -0.25) is 19.2 Å². The number of nitrogens with zero attached hydrogens (tertiary/aromatic N) is 1. The predicted molar refractivity (Wildman–Crippen MR) is 100 cm³/mol. The number of imidazole rings is 1. The number of carboxylic acids is 2. The van der Waals surface area contributed by atoms with E-state index in [9.17, 15) is 29.1 Å². The minimum absolute atomic E-state index is 0.0205. The molecule has 3 amide bonds. The molecule has 0 aliphatic carbocycles. The molecule has 1 aromatic heterocycles. The molecule has 0 aromatic carbocycles. The number of hydrogen-bond donors (Lipinski definition) is 9. The zero-order valence-corrected chi connectivity index (χ0v) is 16.1. The van der Waals surface area contributed by atoms with Crippen LogP contribution in [-0.4, -0.2) is 97.4 Å². The average molecular weight is 444 g/mol. The number of aliphatic carboxylic acids is 2. The number of aromatic nitrogens is 2. The van der Waals surface area contributed by atoms with Crippen molar-refractivity contribution in [2.75, 3.05) is 13.2 Å². The Morgan fingerprint density at radius 1 is 0.935 bits per heavy atom. The van der Waals surface area contributed by atoms with E-state index >= 15 is 0 Å². The lowest BCUT2D eigenvalue weighted by atomic mass is 10.1. The zero-order chi connectivity index (χ0) is 23.6. The van der Waals surface area contributed by atoms with Gasteiger partial charge in [0.15, 0.2) is 0 Å². The molecule has 15 nitrogen and oxygen atoms in total. The van der Waals surface area contributed by atoms with Crippen molar-refractivity contribution in [3.63, 3.8) is 0 Å². The van der Waals surface area contributed by atoms with Gasteiger partial charge in [-0.15, -0.1) is 0 Å². The van der Waals surface area contributed by atoms with E-state index in [1.54, 1.807) is 0 Å². The Kier molecular flexibility index (Phi) is 10.0. The van der Waals surface area contributed by atoms with Crippen molar-refractivity contribution >= 4 is 29.7 Å². The van der Waals surface area contributed by atoms with Crippen LogP contribution in [0, 0.1) is 0 Å². The first-order chi connectivity index (χ1) is 14.6. The van der Waals surface area contributed by atoms with Crippen LogP contribution in [0.2, 0.25) is 0 Å². The third kappa shape index (κ3) is 8.37. The molecule has 4 atom stereocenters. The van der Waals surface area contributed by atoms with Gasteiger partial charge in [-0.25, -0.2) is 9.78 Å². The molecule has 0 saturated heterocycles. The molecule has 0 bridgehead atoms. The predicted octanol–water partition coefficient (Wildman–Crippen LogP) is -4.72. The van der Waals surface area contributed by atoms with Crippen LogP contribution in [0.3, 0.4) is 0 Å². The summed E-state index contributed by atoms with van der Waals surface area (Å²) in [5.74, 6) is -6.13. The van der Waals surface area contributed by atoms with Gasteiger partial charge in [0.05, 0.1) is 32.0 Å². The molecule has 0 spiro atoms. The fraction of sp³-hybridized carbons (Fsp3) is 0.500. The summed E-state index contributed by atoms with van der Waals surface area (Å²) in [4.78, 5) is 65.1. The Morgan fingerprint density at radius 3 is 1.97 bits per heavy atom. The van der Waals surface area contributed by atoms with Gasteiger partial charge < -0.3 is 47.1 Å². The number of carboxylic acid groups (broad SMARTS) is 2. The first-order valence-electron chi connectivity index (χ1n) is 8.89. The van der Waals surface area contributed by atoms with E-state index < -0.39 is 73.5 Å². The van der Waals surface area contributed by atoms with Gasteiger partial charge in [0.2, 0.25) is 17.7 Å². The van der Waals surface area contributed by atoms with Gasteiger partial charge in [-0.05, 0) is 0 Å². The number of aliphatic hydroxyl groups is 2. The molecule has 31 heavy (non-hydrogen) atoms. The number of amides is 3. The van der Waals surface area contributed by atoms with E-state index in [1.165, 1.54) is 12.5 Å². The summed E-state index contributed by atoms with van der Waals surface area (Å²) >= 11 is 0. The molecule has 172 valence electrons. The zero-order valence-electron chi connectivity index (χ0n) is 16.1. The maximum Gasteiger partial charge on any atom is 0.328 e. The highest BCUT2D eigenvalue weighted by molar-refractivity contribution is 5.95. The van der Waals surface area contributed by atoms with Crippen LogP contribution in [0.25, 0.3) is 0 Å². The third-order valence-corrected chi connectivity index (χ3v) is 3.96. The number of nitrogens with one attached hydrogen (secondary N) is 4. The highest BCUT2D eigenvalue weighted by Crippen LogP contribution is 2.00. The summed E-state index contributed by atoms with van der Waals surface area (Å²) in [5.41, 5.74) is 6.26. The van der Waals surface area contributed by atoms with Gasteiger partial charge in [0.1, 0.15) is 18.1 Å². The molecule has 0 aliphatic rings. The van der Waals surface area contributed by atoms with Crippen molar-refractivity contribution in [3.05, 3.63) is 18.2 Å². The van der Waals surface area contributed by atoms with Gasteiger partial charge in [0, 0.05) is 18.3 Å². The van der Waals surface area contributed by atoms with Crippen LogP contribution < -0.4 is 21.7 Å². The Morgan fingerprint density at radius 2 is 1.48 bits per heavy atom. The molecule has 0 fully saturated rings. The van der Waals surface area contributed by atoms with Crippen LogP contribution >= 0.6 is 0 Å². The maximum absolute atomic E-state index is 12.4. The molecular formula is C16H24N6O9. The molecule has 0 saturated carbocycles. The van der Waals surface area contributed by atoms with Gasteiger partial charge in [-0.1, -0.05) is 0 Å². The van der Waals surface area contributed by atoms with E-state index in [1.807, 2.05) is 10.6 Å². The molecule has 10 N–H and O–H groups in total. The van der Waals surface area contributed by atoms with Crippen molar-refractivity contribution in [2.24, 2.45) is 5.73 Å². The Hall–Kier alpha value is -3.56. The smallest absolute Gasteiger partial charge is 0.328 e. The Labute approximate surface area is 175 Å². The number of H-pyrrole nitrogens is 1. The largest absolute Gasteiger partial charge is 0.481 e. The van der Waals surface area contributed by atoms with Gasteiger partial charge in [0.25, 0.3) is 0 Å². The summed E-state index contributed by atoms with van der Waals surface area (Å²) in [6.07, 6.45) is 1.96. The second-order valence-corrected chi connectivity index (χ2v) is 6.37. The van der Waals surface area contributed by atoms with E-state index in [4.69, 9.17) is 21.1 Å². The molecule has 0 radical (unpaired) electrons. The van der Waals surface area contributed by atoms with Crippen LogP contribution in [0.4, 0.5) is 0 Å². The summed E-state index contributed by atoms with van der Waals surface area (Å²) in [6.45, 7) is -1.92. The Bertz CT molecular complexity index is 785. The van der Waals surface area contributed by atoms with Crippen molar-refractivity contribution < 1.29 is 44.4 Å². The topological polar surface area (TPSA) is 257 Å². The van der Waals surface area contributed by atoms with E-state index in [0.717, 1.165) is 0 Å². The summed E-state index contributed by atoms with van der Waals surface area (Å²) in [7, 11) is 0. The minimum atomic E-state index is -1.69. The van der Waals surface area contributed by atoms with Crippen LogP contribution in [0.15, 0.2) is 12.5 Å². The number of carbonyl (C=O) groups is 5. The first kappa shape index (κ1) is 25.5. The first-order valence-corrected chi connectivity index (χ1v) is 8.89. The fourth-order valence-electron chi connectivity index (χ4n) is 2.31. The lowest BCUT2D eigenvalue weighted by Crippen LogP contribution is -2.58. The average Bonchev–Trinajstić information content (AvgIpc) is 3.21. The fourth-order valence-corrected chi connectivity index (χ4v) is 2.31. The number of rotatable bonds is 13. The molecular weight excluding hydrogens is 420 g/mol. The summed E-state index contributed by atoms with van der Waals surface area (Å²) in [6, 6.07) is -6.16. The van der Waals surface area contributed by atoms with E-state index in [2.05, 4.69) is 15.3 Å².